The third-order valence-electron chi connectivity index (χ3n) is 2.85. The summed E-state index contributed by atoms with van der Waals surface area (Å²) in [6.07, 6.45) is 2.72. The number of nitrogens with zero attached hydrogens (tertiary/aromatic N) is 1. The van der Waals surface area contributed by atoms with Crippen LogP contribution in [0.15, 0.2) is 0 Å². The van der Waals surface area contributed by atoms with Gasteiger partial charge in [0.25, 0.3) is 10.2 Å². The van der Waals surface area contributed by atoms with Crippen molar-refractivity contribution in [3.05, 3.63) is 0 Å². The molecule has 96 valence electrons. The van der Waals surface area contributed by atoms with Crippen LogP contribution in [0.5, 0.6) is 0 Å². The molecule has 2 atom stereocenters. The second-order valence-electron chi connectivity index (χ2n) is 4.61. The van der Waals surface area contributed by atoms with Gasteiger partial charge in [-0.2, -0.15) is 17.4 Å². The van der Waals surface area contributed by atoms with Crippen molar-refractivity contribution in [2.75, 3.05) is 19.0 Å². The second kappa shape index (κ2) is 6.19. The van der Waals surface area contributed by atoms with Crippen LogP contribution in [0.2, 0.25) is 0 Å². The van der Waals surface area contributed by atoms with E-state index < -0.39 is 10.2 Å². The fraction of sp³-hybridized carbons (Fsp3) is 1.00. The molecule has 0 saturated carbocycles. The molecule has 1 aliphatic rings. The number of piperidine rings is 1. The van der Waals surface area contributed by atoms with Gasteiger partial charge in [-0.25, -0.2) is 0 Å². The van der Waals surface area contributed by atoms with Gasteiger partial charge in [0.15, 0.2) is 0 Å². The van der Waals surface area contributed by atoms with Crippen LogP contribution in [-0.2, 0) is 10.2 Å². The first kappa shape index (κ1) is 14.2. The average molecular weight is 269 g/mol. The zero-order valence-electron chi connectivity index (χ0n) is 9.95. The van der Waals surface area contributed by atoms with Crippen molar-refractivity contribution in [2.45, 2.75) is 39.2 Å². The first-order chi connectivity index (χ1) is 7.45. The lowest BCUT2D eigenvalue weighted by molar-refractivity contribution is 0.277. The van der Waals surface area contributed by atoms with Crippen LogP contribution >= 0.6 is 11.6 Å². The summed E-state index contributed by atoms with van der Waals surface area (Å²) in [5.41, 5.74) is 0. The van der Waals surface area contributed by atoms with Gasteiger partial charge < -0.3 is 0 Å². The Hall–Kier alpha value is 0.160. The Morgan fingerprint density at radius 2 is 2.25 bits per heavy atom. The van der Waals surface area contributed by atoms with Crippen molar-refractivity contribution in [1.82, 2.24) is 9.03 Å². The van der Waals surface area contributed by atoms with Crippen molar-refractivity contribution in [1.29, 1.82) is 0 Å². The minimum absolute atomic E-state index is 0.0975. The van der Waals surface area contributed by atoms with Gasteiger partial charge in [-0.15, -0.1) is 11.6 Å². The Morgan fingerprint density at radius 1 is 1.56 bits per heavy atom. The quantitative estimate of drug-likeness (QED) is 0.770. The third-order valence-corrected chi connectivity index (χ3v) is 4.78. The van der Waals surface area contributed by atoms with Crippen LogP contribution in [0, 0.1) is 5.92 Å². The Labute approximate surface area is 104 Å². The van der Waals surface area contributed by atoms with Crippen molar-refractivity contribution in [3.63, 3.8) is 0 Å². The topological polar surface area (TPSA) is 49.4 Å². The fourth-order valence-electron chi connectivity index (χ4n) is 1.92. The van der Waals surface area contributed by atoms with Gasteiger partial charge in [0.05, 0.1) is 0 Å². The van der Waals surface area contributed by atoms with Gasteiger partial charge >= 0.3 is 0 Å². The fourth-order valence-corrected chi connectivity index (χ4v) is 3.84. The summed E-state index contributed by atoms with van der Waals surface area (Å²) >= 11 is 5.59. The molecule has 1 aliphatic heterocycles. The highest BCUT2D eigenvalue weighted by atomic mass is 35.5. The molecule has 1 fully saturated rings. The van der Waals surface area contributed by atoms with E-state index in [9.17, 15) is 8.42 Å². The lowest BCUT2D eigenvalue weighted by Gasteiger charge is -2.31. The highest BCUT2D eigenvalue weighted by Crippen LogP contribution is 2.17. The Balaban J connectivity index is 2.55. The molecule has 0 aromatic rings. The Bertz CT molecular complexity index is 308. The minimum Gasteiger partial charge on any atom is -0.199 e. The number of nitrogens with one attached hydrogen (secondary N) is 1. The highest BCUT2D eigenvalue weighted by Gasteiger charge is 2.27. The van der Waals surface area contributed by atoms with E-state index in [2.05, 4.69) is 11.6 Å². The molecule has 0 radical (unpaired) electrons. The van der Waals surface area contributed by atoms with E-state index in [1.54, 1.807) is 4.31 Å². The molecule has 0 amide bonds. The second-order valence-corrected chi connectivity index (χ2v) is 6.69. The molecule has 0 spiro atoms. The minimum atomic E-state index is -3.31. The van der Waals surface area contributed by atoms with Gasteiger partial charge in [0.1, 0.15) is 0 Å². The molecule has 0 aromatic heterocycles. The number of rotatable bonds is 5. The maximum Gasteiger partial charge on any atom is 0.279 e. The first-order valence-corrected chi connectivity index (χ1v) is 7.76. The van der Waals surface area contributed by atoms with Crippen molar-refractivity contribution in [3.8, 4) is 0 Å². The molecule has 1 saturated heterocycles. The zero-order valence-corrected chi connectivity index (χ0v) is 11.5. The SMILES string of the molecule is CC1CCCN(S(=O)(=O)NC(C)CCCl)C1. The molecule has 0 bridgehead atoms. The van der Waals surface area contributed by atoms with E-state index in [-0.39, 0.29) is 6.04 Å². The standard InChI is InChI=1S/C10H21ClN2O2S/c1-9-4-3-7-13(8-9)16(14,15)12-10(2)5-6-11/h9-10,12H,3-8H2,1-2H3. The summed E-state index contributed by atoms with van der Waals surface area (Å²) in [7, 11) is -3.31. The Kier molecular flexibility index (Phi) is 5.50. The molecule has 6 heteroatoms. The summed E-state index contributed by atoms with van der Waals surface area (Å²) in [6.45, 7) is 5.19. The zero-order chi connectivity index (χ0) is 12.2. The first-order valence-electron chi connectivity index (χ1n) is 5.79. The van der Waals surface area contributed by atoms with E-state index >= 15 is 0 Å². The van der Waals surface area contributed by atoms with E-state index in [1.807, 2.05) is 6.92 Å². The molecule has 0 aliphatic carbocycles. The number of hydrogen-bond acceptors (Lipinski definition) is 2. The van der Waals surface area contributed by atoms with Crippen LogP contribution in [-0.4, -0.2) is 37.7 Å². The van der Waals surface area contributed by atoms with Gasteiger partial charge in [-0.05, 0) is 32.1 Å². The largest absolute Gasteiger partial charge is 0.279 e. The van der Waals surface area contributed by atoms with E-state index in [4.69, 9.17) is 11.6 Å². The van der Waals surface area contributed by atoms with Crippen molar-refractivity contribution in [2.24, 2.45) is 5.92 Å². The molecule has 4 nitrogen and oxygen atoms in total. The summed E-state index contributed by atoms with van der Waals surface area (Å²) in [6, 6.07) is -0.0975. The van der Waals surface area contributed by atoms with Gasteiger partial charge in [0.2, 0.25) is 0 Å². The van der Waals surface area contributed by atoms with Gasteiger partial charge in [0, 0.05) is 25.0 Å². The molecule has 1 N–H and O–H groups in total. The molecule has 0 aromatic carbocycles. The summed E-state index contributed by atoms with van der Waals surface area (Å²) in [5, 5.41) is 0. The van der Waals surface area contributed by atoms with Crippen LogP contribution < -0.4 is 4.72 Å². The molecule has 1 heterocycles. The van der Waals surface area contributed by atoms with E-state index in [1.165, 1.54) is 0 Å². The number of hydrogen-bond donors (Lipinski definition) is 1. The number of alkyl halides is 1. The van der Waals surface area contributed by atoms with Gasteiger partial charge in [-0.3, -0.25) is 0 Å². The van der Waals surface area contributed by atoms with Crippen LogP contribution in [0.3, 0.4) is 0 Å². The predicted molar refractivity (Wildman–Crippen MR) is 66.8 cm³/mol. The molecular formula is C10H21ClN2O2S. The summed E-state index contributed by atoms with van der Waals surface area (Å²) < 4.78 is 28.2. The molecular weight excluding hydrogens is 248 g/mol. The molecule has 1 rings (SSSR count). The van der Waals surface area contributed by atoms with Gasteiger partial charge in [-0.1, -0.05) is 6.92 Å². The van der Waals surface area contributed by atoms with E-state index in [0.29, 0.717) is 31.3 Å². The monoisotopic (exact) mass is 268 g/mol. The highest BCUT2D eigenvalue weighted by molar-refractivity contribution is 7.87. The normalized spacial score (nSPS) is 25.6. The third kappa shape index (κ3) is 4.20. The smallest absolute Gasteiger partial charge is 0.199 e. The summed E-state index contributed by atoms with van der Waals surface area (Å²) in [5.74, 6) is 0.925. The van der Waals surface area contributed by atoms with Crippen LogP contribution in [0.25, 0.3) is 0 Å². The maximum atomic E-state index is 12.0. The molecule has 2 unspecified atom stereocenters. The Morgan fingerprint density at radius 3 is 2.81 bits per heavy atom. The maximum absolute atomic E-state index is 12.0. The van der Waals surface area contributed by atoms with E-state index in [0.717, 1.165) is 12.8 Å². The lowest BCUT2D eigenvalue weighted by Crippen LogP contribution is -2.48. The summed E-state index contributed by atoms with van der Waals surface area (Å²) in [4.78, 5) is 0. The van der Waals surface area contributed by atoms with Crippen molar-refractivity contribution >= 4 is 21.8 Å². The van der Waals surface area contributed by atoms with Crippen LogP contribution in [0.1, 0.15) is 33.1 Å². The van der Waals surface area contributed by atoms with Crippen LogP contribution in [0.4, 0.5) is 0 Å². The van der Waals surface area contributed by atoms with Crippen molar-refractivity contribution < 1.29 is 8.42 Å². The molecule has 16 heavy (non-hydrogen) atoms. The number of halogens is 1. The predicted octanol–water partition coefficient (Wildman–Crippen LogP) is 1.57. The lowest BCUT2D eigenvalue weighted by atomic mass is 10.0. The average Bonchev–Trinajstić information content (AvgIpc) is 2.17.